The highest BCUT2D eigenvalue weighted by molar-refractivity contribution is 6.04. The Morgan fingerprint density at radius 1 is 1.07 bits per heavy atom. The highest BCUT2D eigenvalue weighted by atomic mass is 16.5. The molecule has 0 bridgehead atoms. The monoisotopic (exact) mass is 392 g/mol. The summed E-state index contributed by atoms with van der Waals surface area (Å²) in [7, 11) is 3.11. The van der Waals surface area contributed by atoms with Crippen LogP contribution >= 0.6 is 0 Å². The highest BCUT2D eigenvalue weighted by Gasteiger charge is 2.15. The predicted molar refractivity (Wildman–Crippen MR) is 113 cm³/mol. The van der Waals surface area contributed by atoms with Gasteiger partial charge in [-0.25, -0.2) is 9.97 Å². The number of benzene rings is 2. The van der Waals surface area contributed by atoms with Gasteiger partial charge in [0.15, 0.2) is 0 Å². The normalized spacial score (nSPS) is 10.3. The molecule has 0 fully saturated rings. The number of methoxy groups -OCH3 is 2. The molecule has 0 saturated carbocycles. The van der Waals surface area contributed by atoms with Gasteiger partial charge in [-0.05, 0) is 43.7 Å². The molecule has 0 aliphatic heterocycles. The minimum absolute atomic E-state index is 0.263. The van der Waals surface area contributed by atoms with Gasteiger partial charge in [-0.3, -0.25) is 4.79 Å². The van der Waals surface area contributed by atoms with Gasteiger partial charge in [-0.2, -0.15) is 0 Å². The molecule has 1 aromatic heterocycles. The topological polar surface area (TPSA) is 76.6 Å². The van der Waals surface area contributed by atoms with E-state index in [0.717, 1.165) is 11.3 Å². The van der Waals surface area contributed by atoms with Crippen molar-refractivity contribution in [2.45, 2.75) is 13.8 Å². The molecule has 0 aliphatic carbocycles. The van der Waals surface area contributed by atoms with Crippen molar-refractivity contribution in [2.75, 3.05) is 31.0 Å². The van der Waals surface area contributed by atoms with Crippen molar-refractivity contribution in [1.29, 1.82) is 0 Å². The fraction of sp³-hybridized carbons (Fsp3) is 0.227. The summed E-state index contributed by atoms with van der Waals surface area (Å²) in [6.45, 7) is 4.78. The summed E-state index contributed by atoms with van der Waals surface area (Å²) in [4.78, 5) is 23.3. The number of aryl methyl sites for hydroxylation is 1. The maximum absolute atomic E-state index is 12.8. The number of hydrogen-bond acceptors (Lipinski definition) is 6. The zero-order valence-corrected chi connectivity index (χ0v) is 17.0. The second kappa shape index (κ2) is 9.05. The van der Waals surface area contributed by atoms with Crippen LogP contribution in [-0.4, -0.2) is 36.6 Å². The van der Waals surface area contributed by atoms with E-state index in [-0.39, 0.29) is 11.6 Å². The molecule has 3 rings (SSSR count). The highest BCUT2D eigenvalue weighted by Crippen LogP contribution is 2.30. The molecule has 7 heteroatoms. The lowest BCUT2D eigenvalue weighted by Gasteiger charge is -2.22. The number of nitrogens with zero attached hydrogens (tertiary/aromatic N) is 3. The van der Waals surface area contributed by atoms with Crippen molar-refractivity contribution >= 4 is 23.1 Å². The van der Waals surface area contributed by atoms with Crippen LogP contribution in [0.3, 0.4) is 0 Å². The van der Waals surface area contributed by atoms with E-state index in [4.69, 9.17) is 9.47 Å². The summed E-state index contributed by atoms with van der Waals surface area (Å²) in [6.07, 6.45) is 1.40. The van der Waals surface area contributed by atoms with Crippen LogP contribution in [0.1, 0.15) is 23.0 Å². The Kier molecular flexibility index (Phi) is 6.29. The minimum atomic E-state index is -0.350. The van der Waals surface area contributed by atoms with Crippen LogP contribution in [0.5, 0.6) is 11.5 Å². The summed E-state index contributed by atoms with van der Waals surface area (Å²) in [5.41, 5.74) is 2.96. The molecule has 1 amide bonds. The van der Waals surface area contributed by atoms with Crippen LogP contribution in [0.4, 0.5) is 17.2 Å². The Labute approximate surface area is 170 Å². The quantitative estimate of drug-likeness (QED) is 0.649. The van der Waals surface area contributed by atoms with Crippen molar-refractivity contribution in [3.8, 4) is 11.5 Å². The third kappa shape index (κ3) is 4.63. The van der Waals surface area contributed by atoms with Gasteiger partial charge in [0.25, 0.3) is 5.91 Å². The van der Waals surface area contributed by atoms with Gasteiger partial charge < -0.3 is 19.7 Å². The molecule has 0 radical (unpaired) electrons. The van der Waals surface area contributed by atoms with Gasteiger partial charge in [0.05, 0.1) is 19.9 Å². The largest absolute Gasteiger partial charge is 0.497 e. The molecular formula is C22H24N4O3. The van der Waals surface area contributed by atoms with Crippen LogP contribution in [0, 0.1) is 6.92 Å². The lowest BCUT2D eigenvalue weighted by molar-refractivity contribution is 0.102. The van der Waals surface area contributed by atoms with Crippen LogP contribution in [0.15, 0.2) is 54.9 Å². The lowest BCUT2D eigenvalue weighted by atomic mass is 10.2. The first-order valence-corrected chi connectivity index (χ1v) is 9.25. The predicted octanol–water partition coefficient (Wildman–Crippen LogP) is 4.21. The Morgan fingerprint density at radius 2 is 1.90 bits per heavy atom. The Hall–Kier alpha value is -3.61. The molecule has 0 atom stereocenters. The number of nitrogens with one attached hydrogen (secondary N) is 1. The molecule has 0 spiro atoms. The van der Waals surface area contributed by atoms with Crippen LogP contribution in [-0.2, 0) is 0 Å². The number of amides is 1. The molecule has 7 nitrogen and oxygen atoms in total. The third-order valence-corrected chi connectivity index (χ3v) is 4.45. The van der Waals surface area contributed by atoms with Gasteiger partial charge in [-0.15, -0.1) is 0 Å². The second-order valence-electron chi connectivity index (χ2n) is 6.37. The zero-order chi connectivity index (χ0) is 20.8. The van der Waals surface area contributed by atoms with E-state index in [0.29, 0.717) is 29.5 Å². The van der Waals surface area contributed by atoms with Gasteiger partial charge in [0.1, 0.15) is 29.3 Å². The molecule has 2 aromatic carbocycles. The van der Waals surface area contributed by atoms with E-state index in [9.17, 15) is 4.79 Å². The first-order chi connectivity index (χ1) is 14.0. The summed E-state index contributed by atoms with van der Waals surface area (Å²) in [5, 5.41) is 2.83. The number of anilines is 3. The molecular weight excluding hydrogens is 368 g/mol. The smallest absolute Gasteiger partial charge is 0.274 e. The maximum atomic E-state index is 12.8. The molecule has 0 saturated heterocycles. The Bertz CT molecular complexity index is 1010. The van der Waals surface area contributed by atoms with Crippen molar-refractivity contribution in [3.05, 3.63) is 66.1 Å². The van der Waals surface area contributed by atoms with Crippen LogP contribution < -0.4 is 19.7 Å². The first-order valence-electron chi connectivity index (χ1n) is 9.25. The van der Waals surface area contributed by atoms with Crippen molar-refractivity contribution in [1.82, 2.24) is 9.97 Å². The number of hydrogen-bond donors (Lipinski definition) is 1. The number of rotatable bonds is 7. The van der Waals surface area contributed by atoms with Gasteiger partial charge in [-0.1, -0.05) is 12.1 Å². The maximum Gasteiger partial charge on any atom is 0.274 e. The average molecular weight is 392 g/mol. The number of aromatic nitrogens is 2. The van der Waals surface area contributed by atoms with Crippen molar-refractivity contribution in [2.24, 2.45) is 0 Å². The molecule has 0 unspecified atom stereocenters. The molecule has 1 heterocycles. The van der Waals surface area contributed by atoms with E-state index in [1.165, 1.54) is 13.4 Å². The zero-order valence-electron chi connectivity index (χ0n) is 17.0. The molecule has 0 aliphatic rings. The Balaban J connectivity index is 1.86. The lowest BCUT2D eigenvalue weighted by Crippen LogP contribution is -2.20. The fourth-order valence-electron chi connectivity index (χ4n) is 2.98. The Morgan fingerprint density at radius 3 is 2.59 bits per heavy atom. The van der Waals surface area contributed by atoms with E-state index < -0.39 is 0 Å². The van der Waals surface area contributed by atoms with E-state index >= 15 is 0 Å². The SMILES string of the molecule is CCN(c1cccc(C)c1)c1cc(C(=O)Nc2ccc(OC)cc2OC)ncn1. The van der Waals surface area contributed by atoms with Gasteiger partial charge in [0, 0.05) is 24.4 Å². The second-order valence-corrected chi connectivity index (χ2v) is 6.37. The fourth-order valence-corrected chi connectivity index (χ4v) is 2.98. The summed E-state index contributed by atoms with van der Waals surface area (Å²) in [5.74, 6) is 1.44. The standard InChI is InChI=1S/C22H24N4O3/c1-5-26(16-8-6-7-15(2)11-16)21-13-19(23-14-24-21)22(27)25-18-10-9-17(28-3)12-20(18)29-4/h6-14H,5H2,1-4H3,(H,25,27). The third-order valence-electron chi connectivity index (χ3n) is 4.45. The van der Waals surface area contributed by atoms with Gasteiger partial charge in [0.2, 0.25) is 0 Å². The number of ether oxygens (including phenoxy) is 2. The average Bonchev–Trinajstić information content (AvgIpc) is 2.75. The van der Waals surface area contributed by atoms with E-state index in [1.807, 2.05) is 36.9 Å². The van der Waals surface area contributed by atoms with E-state index in [1.54, 1.807) is 31.4 Å². The molecule has 1 N–H and O–H groups in total. The summed E-state index contributed by atoms with van der Waals surface area (Å²) >= 11 is 0. The van der Waals surface area contributed by atoms with E-state index in [2.05, 4.69) is 21.4 Å². The summed E-state index contributed by atoms with van der Waals surface area (Å²) in [6, 6.07) is 15.0. The number of carbonyl (C=O) groups is 1. The molecule has 29 heavy (non-hydrogen) atoms. The molecule has 3 aromatic rings. The van der Waals surface area contributed by atoms with Crippen molar-refractivity contribution in [3.63, 3.8) is 0 Å². The minimum Gasteiger partial charge on any atom is -0.497 e. The van der Waals surface area contributed by atoms with Gasteiger partial charge >= 0.3 is 0 Å². The van der Waals surface area contributed by atoms with Crippen LogP contribution in [0.2, 0.25) is 0 Å². The van der Waals surface area contributed by atoms with Crippen molar-refractivity contribution < 1.29 is 14.3 Å². The number of carbonyl (C=O) groups excluding carboxylic acids is 1. The molecule has 150 valence electrons. The van der Waals surface area contributed by atoms with Crippen LogP contribution in [0.25, 0.3) is 0 Å². The first kappa shape index (κ1) is 20.1. The summed E-state index contributed by atoms with van der Waals surface area (Å²) < 4.78 is 10.5.